The molecule has 0 saturated carbocycles. The van der Waals surface area contributed by atoms with Crippen molar-refractivity contribution in [1.82, 2.24) is 0 Å². The molecule has 80 valence electrons. The summed E-state index contributed by atoms with van der Waals surface area (Å²) in [4.78, 5) is 0. The molecule has 1 aromatic carbocycles. The van der Waals surface area contributed by atoms with E-state index < -0.39 is 0 Å². The molecule has 1 aromatic rings. The molecule has 0 aromatic heterocycles. The second-order valence-corrected chi connectivity index (χ2v) is 5.70. The topological polar surface area (TPSA) is 9.23 Å². The van der Waals surface area contributed by atoms with Crippen LogP contribution < -0.4 is 4.74 Å². The molecule has 0 heterocycles. The first-order valence-electron chi connectivity index (χ1n) is 5.14. The molecule has 0 fully saturated rings. The van der Waals surface area contributed by atoms with E-state index in [0.29, 0.717) is 0 Å². The monoisotopic (exact) mass is 318 g/mol. The Balaban J connectivity index is 2.55. The van der Waals surface area contributed by atoms with Crippen LogP contribution in [0.1, 0.15) is 25.3 Å². The van der Waals surface area contributed by atoms with Crippen molar-refractivity contribution in [2.45, 2.75) is 24.2 Å². The van der Waals surface area contributed by atoms with E-state index in [1.807, 2.05) is 24.3 Å². The summed E-state index contributed by atoms with van der Waals surface area (Å²) in [6.07, 6.45) is 2.60. The first-order chi connectivity index (χ1) is 7.38. The van der Waals surface area contributed by atoms with Crippen molar-refractivity contribution in [1.29, 1.82) is 0 Å². The van der Waals surface area contributed by atoms with Crippen LogP contribution in [0.25, 0.3) is 0 Å². The average Bonchev–Trinajstić information content (AvgIpc) is 2.29. The zero-order valence-electron chi connectivity index (χ0n) is 9.25. The van der Waals surface area contributed by atoms with E-state index in [1.54, 1.807) is 7.11 Å². The molecule has 2 heteroatoms. The second-order valence-electron chi connectivity index (χ2n) is 3.13. The van der Waals surface area contributed by atoms with Crippen molar-refractivity contribution in [3.63, 3.8) is 0 Å². The molecular formula is C13H16OTe. The molecule has 1 nitrogen and oxygen atoms in total. The summed E-state index contributed by atoms with van der Waals surface area (Å²) < 4.78 is 9.87. The van der Waals surface area contributed by atoms with Gasteiger partial charge in [0.05, 0.1) is 0 Å². The van der Waals surface area contributed by atoms with Gasteiger partial charge in [-0.05, 0) is 0 Å². The van der Waals surface area contributed by atoms with E-state index in [1.165, 1.54) is 17.3 Å². The molecule has 0 atom stereocenters. The maximum absolute atomic E-state index is 5.24. The van der Waals surface area contributed by atoms with Crippen LogP contribution in [-0.2, 0) is 0 Å². The molecule has 0 saturated heterocycles. The van der Waals surface area contributed by atoms with Crippen LogP contribution in [0.5, 0.6) is 5.75 Å². The summed E-state index contributed by atoms with van der Waals surface area (Å²) in [6, 6.07) is 7.94. The van der Waals surface area contributed by atoms with Gasteiger partial charge in [-0.15, -0.1) is 0 Å². The van der Waals surface area contributed by atoms with E-state index in [4.69, 9.17) is 4.74 Å². The molecule has 0 radical (unpaired) electrons. The Labute approximate surface area is 102 Å². The molecule has 0 unspecified atom stereocenters. The quantitative estimate of drug-likeness (QED) is 0.471. The van der Waals surface area contributed by atoms with Crippen molar-refractivity contribution in [2.75, 3.05) is 7.11 Å². The van der Waals surface area contributed by atoms with Crippen LogP contribution in [0.4, 0.5) is 0 Å². The zero-order chi connectivity index (χ0) is 10.9. The van der Waals surface area contributed by atoms with Gasteiger partial charge in [-0.2, -0.15) is 0 Å². The van der Waals surface area contributed by atoms with Gasteiger partial charge in [0.15, 0.2) is 0 Å². The third-order valence-corrected chi connectivity index (χ3v) is 4.07. The summed E-state index contributed by atoms with van der Waals surface area (Å²) in [7, 11) is 1.69. The Morgan fingerprint density at radius 2 is 2.13 bits per heavy atom. The molecule has 0 bridgehead atoms. The summed E-state index contributed by atoms with van der Waals surface area (Å²) in [5.41, 5.74) is 1.02. The fourth-order valence-electron chi connectivity index (χ4n) is 1.11. The van der Waals surface area contributed by atoms with Crippen molar-refractivity contribution in [2.24, 2.45) is 0 Å². The SMILES string of the molecule is CCCC[Te]C#Cc1ccccc1OC. The van der Waals surface area contributed by atoms with E-state index in [-0.39, 0.29) is 20.9 Å². The summed E-state index contributed by atoms with van der Waals surface area (Å²) >= 11 is -0.109. The third kappa shape index (κ3) is 4.61. The first kappa shape index (κ1) is 12.4. The van der Waals surface area contributed by atoms with Crippen LogP contribution in [0.2, 0.25) is 4.47 Å². The van der Waals surface area contributed by atoms with Gasteiger partial charge < -0.3 is 0 Å². The second kappa shape index (κ2) is 7.63. The number of ether oxygens (including phenoxy) is 1. The van der Waals surface area contributed by atoms with Gasteiger partial charge in [0.1, 0.15) is 0 Å². The van der Waals surface area contributed by atoms with E-state index in [2.05, 4.69) is 16.8 Å². The molecule has 0 aliphatic carbocycles. The predicted octanol–water partition coefficient (Wildman–Crippen LogP) is 2.93. The van der Waals surface area contributed by atoms with Gasteiger partial charge in [0, 0.05) is 0 Å². The number of methoxy groups -OCH3 is 1. The van der Waals surface area contributed by atoms with Crippen LogP contribution in [-0.4, -0.2) is 28.0 Å². The van der Waals surface area contributed by atoms with Crippen molar-refractivity contribution >= 4 is 20.9 Å². The Bertz CT molecular complexity index is 349. The van der Waals surface area contributed by atoms with Crippen molar-refractivity contribution < 1.29 is 4.74 Å². The standard InChI is InChI=1S/C13H16OTe/c1-3-4-10-15-11-9-12-7-5-6-8-13(12)14-2/h5-8H,3-4,10H2,1-2H3. The molecule has 15 heavy (non-hydrogen) atoms. The van der Waals surface area contributed by atoms with Gasteiger partial charge in [0.25, 0.3) is 0 Å². The fraction of sp³-hybridized carbons (Fsp3) is 0.385. The van der Waals surface area contributed by atoms with Crippen LogP contribution in [0, 0.1) is 9.89 Å². The molecule has 0 N–H and O–H groups in total. The Morgan fingerprint density at radius 3 is 2.87 bits per heavy atom. The summed E-state index contributed by atoms with van der Waals surface area (Å²) in [5, 5.41) is 0. The molecule has 0 aliphatic rings. The van der Waals surface area contributed by atoms with Gasteiger partial charge in [-0.3, -0.25) is 0 Å². The number of rotatable bonds is 4. The molecule has 0 aliphatic heterocycles. The third-order valence-electron chi connectivity index (χ3n) is 1.96. The predicted molar refractivity (Wildman–Crippen MR) is 65.3 cm³/mol. The van der Waals surface area contributed by atoms with Crippen molar-refractivity contribution in [3.8, 4) is 15.6 Å². The van der Waals surface area contributed by atoms with Crippen LogP contribution in [0.3, 0.4) is 0 Å². The van der Waals surface area contributed by atoms with E-state index >= 15 is 0 Å². The maximum atomic E-state index is 5.24. The Kier molecular flexibility index (Phi) is 6.33. The normalized spacial score (nSPS) is 9.20. The summed E-state index contributed by atoms with van der Waals surface area (Å²) in [5.74, 6) is 4.09. The first-order valence-corrected chi connectivity index (χ1v) is 7.95. The molecule has 0 spiro atoms. The Hall–Kier alpha value is -0.630. The van der Waals surface area contributed by atoms with Crippen LogP contribution >= 0.6 is 0 Å². The Morgan fingerprint density at radius 1 is 1.33 bits per heavy atom. The van der Waals surface area contributed by atoms with E-state index in [9.17, 15) is 0 Å². The van der Waals surface area contributed by atoms with Gasteiger partial charge in [0.2, 0.25) is 0 Å². The number of unbranched alkanes of at least 4 members (excludes halogenated alkanes) is 1. The molecule has 1 rings (SSSR count). The number of hydrogen-bond acceptors (Lipinski definition) is 1. The number of benzene rings is 1. The minimum absolute atomic E-state index is 0.109. The number of para-hydroxylation sites is 1. The minimum atomic E-state index is -0.109. The molecule has 0 amide bonds. The molecular weight excluding hydrogens is 300 g/mol. The van der Waals surface area contributed by atoms with Crippen molar-refractivity contribution in [3.05, 3.63) is 29.8 Å². The average molecular weight is 316 g/mol. The van der Waals surface area contributed by atoms with Gasteiger partial charge >= 0.3 is 102 Å². The van der Waals surface area contributed by atoms with E-state index in [0.717, 1.165) is 11.3 Å². The fourth-order valence-corrected chi connectivity index (χ4v) is 3.15. The zero-order valence-corrected chi connectivity index (χ0v) is 11.6. The van der Waals surface area contributed by atoms with Crippen LogP contribution in [0.15, 0.2) is 24.3 Å². The summed E-state index contributed by atoms with van der Waals surface area (Å²) in [6.45, 7) is 2.22. The number of hydrogen-bond donors (Lipinski definition) is 0. The van der Waals surface area contributed by atoms with Gasteiger partial charge in [-0.25, -0.2) is 0 Å². The van der Waals surface area contributed by atoms with Gasteiger partial charge in [-0.1, -0.05) is 0 Å².